The fraction of sp³-hybridized carbons (Fsp3) is 0.611. The van der Waals surface area contributed by atoms with E-state index in [0.29, 0.717) is 13.2 Å². The van der Waals surface area contributed by atoms with Crippen LogP contribution >= 0.6 is 0 Å². The summed E-state index contributed by atoms with van der Waals surface area (Å²) in [7, 11) is 0. The van der Waals surface area contributed by atoms with E-state index in [1.165, 1.54) is 0 Å². The molecule has 2 aliphatic rings. The molecule has 1 aliphatic carbocycles. The van der Waals surface area contributed by atoms with Crippen LogP contribution in [-0.4, -0.2) is 25.5 Å². The molecule has 0 aromatic rings. The molecule has 0 radical (unpaired) electrons. The summed E-state index contributed by atoms with van der Waals surface area (Å²) in [4.78, 5) is 12.3. The number of hydrogen-bond donors (Lipinski definition) is 0. The molecule has 0 bridgehead atoms. The zero-order valence-electron chi connectivity index (χ0n) is 13.9. The van der Waals surface area contributed by atoms with Gasteiger partial charge in [-0.1, -0.05) is 25.2 Å². The van der Waals surface area contributed by atoms with Gasteiger partial charge in [0.2, 0.25) is 0 Å². The number of carbonyl (C=O) groups excluding carboxylic acids is 1. The number of ether oxygens (including phenoxy) is 3. The molecule has 0 unspecified atom stereocenters. The maximum absolute atomic E-state index is 12.3. The number of fused-ring (bicyclic) bond motifs is 1. The predicted octanol–water partition coefficient (Wildman–Crippen LogP) is 3.60. The van der Waals surface area contributed by atoms with E-state index in [2.05, 4.69) is 13.5 Å². The van der Waals surface area contributed by atoms with Crippen molar-refractivity contribution in [2.75, 3.05) is 13.2 Å². The van der Waals surface area contributed by atoms with Gasteiger partial charge in [-0.15, -0.1) is 0 Å². The first-order valence-electron chi connectivity index (χ1n) is 8.01. The second-order valence-electron chi connectivity index (χ2n) is 5.93. The highest BCUT2D eigenvalue weighted by molar-refractivity contribution is 5.76. The molecular formula is C18H26O4. The van der Waals surface area contributed by atoms with Crippen molar-refractivity contribution in [1.29, 1.82) is 0 Å². The Kier molecular flexibility index (Phi) is 5.46. The molecule has 2 rings (SSSR count). The Hall–Kier alpha value is -1.55. The monoisotopic (exact) mass is 306 g/mol. The summed E-state index contributed by atoms with van der Waals surface area (Å²) in [5.41, 5.74) is 3.07. The number of hydrogen-bond acceptors (Lipinski definition) is 4. The molecule has 22 heavy (non-hydrogen) atoms. The molecule has 0 amide bonds. The maximum Gasteiger partial charge on any atom is 0.313 e. The van der Waals surface area contributed by atoms with E-state index in [4.69, 9.17) is 14.2 Å². The Morgan fingerprint density at radius 3 is 2.73 bits per heavy atom. The van der Waals surface area contributed by atoms with Crippen molar-refractivity contribution in [2.24, 2.45) is 17.8 Å². The molecular weight excluding hydrogens is 280 g/mol. The molecule has 0 spiro atoms. The summed E-state index contributed by atoms with van der Waals surface area (Å²) in [5, 5.41) is 0. The molecule has 4 heteroatoms. The van der Waals surface area contributed by atoms with Gasteiger partial charge >= 0.3 is 5.97 Å². The van der Waals surface area contributed by atoms with Gasteiger partial charge in [0.15, 0.2) is 6.29 Å². The number of esters is 1. The first kappa shape index (κ1) is 16.8. The highest BCUT2D eigenvalue weighted by Crippen LogP contribution is 2.45. The van der Waals surface area contributed by atoms with Crippen LogP contribution in [0.2, 0.25) is 0 Å². The van der Waals surface area contributed by atoms with Crippen LogP contribution in [0, 0.1) is 17.8 Å². The van der Waals surface area contributed by atoms with Gasteiger partial charge in [0.1, 0.15) is 0 Å². The molecule has 0 aromatic heterocycles. The van der Waals surface area contributed by atoms with Gasteiger partial charge in [-0.2, -0.15) is 0 Å². The van der Waals surface area contributed by atoms with E-state index in [1.807, 2.05) is 26.8 Å². The van der Waals surface area contributed by atoms with E-state index in [1.54, 1.807) is 6.26 Å². The van der Waals surface area contributed by atoms with E-state index in [9.17, 15) is 4.79 Å². The first-order valence-corrected chi connectivity index (χ1v) is 8.01. The predicted molar refractivity (Wildman–Crippen MR) is 84.9 cm³/mol. The van der Waals surface area contributed by atoms with E-state index >= 15 is 0 Å². The Morgan fingerprint density at radius 1 is 1.41 bits per heavy atom. The van der Waals surface area contributed by atoms with Crippen molar-refractivity contribution >= 4 is 5.97 Å². The second-order valence-corrected chi connectivity index (χ2v) is 5.93. The van der Waals surface area contributed by atoms with Crippen LogP contribution in [-0.2, 0) is 19.0 Å². The fourth-order valence-electron chi connectivity index (χ4n) is 3.27. The van der Waals surface area contributed by atoms with E-state index in [-0.39, 0.29) is 30.0 Å². The SMILES string of the molecule is C=C(C)C1=C[C@@H](C(=O)OCC)[C@@H](C)[C@@H]2C[C@H](OCC)OC=C12. The van der Waals surface area contributed by atoms with Crippen molar-refractivity contribution in [2.45, 2.75) is 40.4 Å². The van der Waals surface area contributed by atoms with Gasteiger partial charge in [-0.3, -0.25) is 4.79 Å². The van der Waals surface area contributed by atoms with Crippen molar-refractivity contribution in [3.8, 4) is 0 Å². The molecule has 0 N–H and O–H groups in total. The standard InChI is InChI=1S/C18H26O4/c1-6-20-17-9-14-12(5)15(18(19)21-7-2)8-13(11(3)4)16(14)10-22-17/h8,10,12,14-15,17H,3,6-7,9H2,1-2,4-5H3/t12-,14-,15+,17+/m0/s1. The highest BCUT2D eigenvalue weighted by Gasteiger charge is 2.41. The van der Waals surface area contributed by atoms with Gasteiger partial charge in [0, 0.05) is 13.0 Å². The van der Waals surface area contributed by atoms with Gasteiger partial charge in [0.05, 0.1) is 18.8 Å². The van der Waals surface area contributed by atoms with Crippen molar-refractivity contribution in [1.82, 2.24) is 0 Å². The lowest BCUT2D eigenvalue weighted by Gasteiger charge is -2.40. The third-order valence-corrected chi connectivity index (χ3v) is 4.42. The Bertz CT molecular complexity index is 503. The van der Waals surface area contributed by atoms with Crippen LogP contribution in [0.15, 0.2) is 35.6 Å². The third kappa shape index (κ3) is 3.27. The average Bonchev–Trinajstić information content (AvgIpc) is 2.48. The molecule has 1 aliphatic heterocycles. The summed E-state index contributed by atoms with van der Waals surface area (Å²) in [6.45, 7) is 12.9. The van der Waals surface area contributed by atoms with Crippen LogP contribution in [0.4, 0.5) is 0 Å². The first-order chi connectivity index (χ1) is 10.5. The van der Waals surface area contributed by atoms with Crippen molar-refractivity contribution in [3.05, 3.63) is 35.6 Å². The summed E-state index contributed by atoms with van der Waals surface area (Å²) in [6.07, 6.45) is 4.28. The van der Waals surface area contributed by atoms with Gasteiger partial charge in [0.25, 0.3) is 0 Å². The van der Waals surface area contributed by atoms with Gasteiger partial charge in [-0.25, -0.2) is 0 Å². The van der Waals surface area contributed by atoms with E-state index in [0.717, 1.165) is 23.1 Å². The van der Waals surface area contributed by atoms with E-state index < -0.39 is 0 Å². The lowest BCUT2D eigenvalue weighted by molar-refractivity contribution is -0.151. The average molecular weight is 306 g/mol. The molecule has 1 heterocycles. The van der Waals surface area contributed by atoms with Crippen LogP contribution < -0.4 is 0 Å². The van der Waals surface area contributed by atoms with Crippen LogP contribution in [0.25, 0.3) is 0 Å². The summed E-state index contributed by atoms with van der Waals surface area (Å²) < 4.78 is 16.5. The zero-order valence-corrected chi connectivity index (χ0v) is 13.9. The smallest absolute Gasteiger partial charge is 0.313 e. The molecule has 0 saturated carbocycles. The lowest BCUT2D eigenvalue weighted by atomic mass is 9.68. The minimum Gasteiger partial charge on any atom is -0.472 e. The van der Waals surface area contributed by atoms with Crippen LogP contribution in [0.3, 0.4) is 0 Å². The lowest BCUT2D eigenvalue weighted by Crippen LogP contribution is -2.38. The molecule has 0 aromatic carbocycles. The van der Waals surface area contributed by atoms with Crippen LogP contribution in [0.5, 0.6) is 0 Å². The molecule has 0 saturated heterocycles. The zero-order chi connectivity index (χ0) is 16.3. The number of carbonyl (C=O) groups is 1. The largest absolute Gasteiger partial charge is 0.472 e. The van der Waals surface area contributed by atoms with Gasteiger partial charge < -0.3 is 14.2 Å². The summed E-state index contributed by atoms with van der Waals surface area (Å²) >= 11 is 0. The maximum atomic E-state index is 12.3. The molecule has 4 atom stereocenters. The normalized spacial score (nSPS) is 30.5. The second kappa shape index (κ2) is 7.14. The van der Waals surface area contributed by atoms with Gasteiger partial charge in [-0.05, 0) is 43.8 Å². The highest BCUT2D eigenvalue weighted by atomic mass is 16.7. The Labute approximate surface area is 132 Å². The Balaban J connectivity index is 2.34. The molecule has 122 valence electrons. The molecule has 0 fully saturated rings. The third-order valence-electron chi connectivity index (χ3n) is 4.42. The fourth-order valence-corrected chi connectivity index (χ4v) is 3.27. The minimum atomic E-state index is -0.242. The van der Waals surface area contributed by atoms with Crippen LogP contribution in [0.1, 0.15) is 34.1 Å². The summed E-state index contributed by atoms with van der Waals surface area (Å²) in [6, 6.07) is 0. The molecule has 4 nitrogen and oxygen atoms in total. The Morgan fingerprint density at radius 2 is 2.14 bits per heavy atom. The van der Waals surface area contributed by atoms with Crippen molar-refractivity contribution in [3.63, 3.8) is 0 Å². The summed E-state index contributed by atoms with van der Waals surface area (Å²) in [5.74, 6) is -0.0295. The number of rotatable bonds is 5. The quantitative estimate of drug-likeness (QED) is 0.728. The van der Waals surface area contributed by atoms with Crippen molar-refractivity contribution < 1.29 is 19.0 Å². The minimum absolute atomic E-state index is 0.153. The topological polar surface area (TPSA) is 44.8 Å². The number of allylic oxidation sites excluding steroid dienone is 3.